The largest absolute Gasteiger partial charge is 0.379 e. The van der Waals surface area contributed by atoms with Crippen molar-refractivity contribution in [3.05, 3.63) is 47.0 Å². The van der Waals surface area contributed by atoms with Gasteiger partial charge in [-0.25, -0.2) is 0 Å². The van der Waals surface area contributed by atoms with Crippen LogP contribution in [0.5, 0.6) is 0 Å². The Morgan fingerprint density at radius 3 is 2.59 bits per heavy atom. The summed E-state index contributed by atoms with van der Waals surface area (Å²) in [5.74, 6) is 1.58. The molecule has 8 nitrogen and oxygen atoms in total. The molecule has 2 aromatic rings. The lowest BCUT2D eigenvalue weighted by molar-refractivity contribution is -0.128. The summed E-state index contributed by atoms with van der Waals surface area (Å²) < 4.78 is 7.52. The Bertz CT molecular complexity index is 867. The molecule has 0 aliphatic carbocycles. The first-order chi connectivity index (χ1) is 13.8. The molecule has 0 fully saturated rings. The van der Waals surface area contributed by atoms with Crippen LogP contribution in [0.4, 0.5) is 0 Å². The number of hydrogen-bond acceptors (Lipinski definition) is 5. The standard InChI is InChI=1S/C21H29N5O3/c1-21(2,3)20(28)22-13-15-5-7-16(8-6-15)19(27)25(4)14-18-24-23-17-9-11-29-12-10-26(17)18/h5-8H,9-14H2,1-4H3,(H,22,28). The second-order valence-electron chi connectivity index (χ2n) is 8.34. The lowest BCUT2D eigenvalue weighted by Crippen LogP contribution is -2.34. The maximum absolute atomic E-state index is 12.8. The van der Waals surface area contributed by atoms with E-state index in [-0.39, 0.29) is 11.8 Å². The molecule has 2 amide bonds. The molecule has 1 aliphatic heterocycles. The number of carbonyl (C=O) groups excluding carboxylic acids is 2. The normalized spacial score (nSPS) is 14.1. The summed E-state index contributed by atoms with van der Waals surface area (Å²) in [5, 5.41) is 11.4. The first kappa shape index (κ1) is 21.0. The van der Waals surface area contributed by atoms with Crippen LogP contribution in [-0.4, -0.2) is 51.7 Å². The van der Waals surface area contributed by atoms with E-state index in [1.165, 1.54) is 0 Å². The van der Waals surface area contributed by atoms with Crippen LogP contribution < -0.4 is 5.32 Å². The fraction of sp³-hybridized carbons (Fsp3) is 0.524. The average Bonchev–Trinajstić information content (AvgIpc) is 2.91. The zero-order valence-electron chi connectivity index (χ0n) is 17.6. The first-order valence-corrected chi connectivity index (χ1v) is 9.87. The van der Waals surface area contributed by atoms with E-state index in [0.29, 0.717) is 38.4 Å². The average molecular weight is 399 g/mol. The van der Waals surface area contributed by atoms with E-state index in [2.05, 4.69) is 15.5 Å². The van der Waals surface area contributed by atoms with Crippen molar-refractivity contribution in [2.75, 3.05) is 20.3 Å². The summed E-state index contributed by atoms with van der Waals surface area (Å²) in [4.78, 5) is 26.4. The van der Waals surface area contributed by atoms with Gasteiger partial charge in [-0.05, 0) is 17.7 Å². The lowest BCUT2D eigenvalue weighted by atomic mass is 9.95. The van der Waals surface area contributed by atoms with Crippen molar-refractivity contribution in [3.8, 4) is 0 Å². The van der Waals surface area contributed by atoms with Gasteiger partial charge in [-0.15, -0.1) is 10.2 Å². The van der Waals surface area contributed by atoms with Crippen molar-refractivity contribution in [1.29, 1.82) is 0 Å². The smallest absolute Gasteiger partial charge is 0.254 e. The summed E-state index contributed by atoms with van der Waals surface area (Å²) in [6.45, 7) is 8.43. The number of carbonyl (C=O) groups is 2. The molecule has 1 aliphatic rings. The van der Waals surface area contributed by atoms with E-state index in [0.717, 1.165) is 23.6 Å². The molecule has 29 heavy (non-hydrogen) atoms. The second-order valence-corrected chi connectivity index (χ2v) is 8.34. The summed E-state index contributed by atoms with van der Waals surface area (Å²) in [6.07, 6.45) is 0.734. The van der Waals surface area contributed by atoms with E-state index in [4.69, 9.17) is 4.74 Å². The molecule has 0 atom stereocenters. The van der Waals surface area contributed by atoms with Crippen molar-refractivity contribution in [2.45, 2.75) is 46.8 Å². The Labute approximate surface area is 171 Å². The minimum atomic E-state index is -0.426. The van der Waals surface area contributed by atoms with Crippen LogP contribution in [0, 0.1) is 5.41 Å². The molecular weight excluding hydrogens is 370 g/mol. The number of rotatable bonds is 5. The Kier molecular flexibility index (Phi) is 6.32. The fourth-order valence-corrected chi connectivity index (χ4v) is 3.07. The zero-order valence-corrected chi connectivity index (χ0v) is 17.6. The monoisotopic (exact) mass is 399 g/mol. The summed E-state index contributed by atoms with van der Waals surface area (Å²) in [6, 6.07) is 7.31. The number of benzene rings is 1. The van der Waals surface area contributed by atoms with Crippen LogP contribution in [0.2, 0.25) is 0 Å². The third kappa shape index (κ3) is 5.20. The van der Waals surface area contributed by atoms with Crippen LogP contribution in [0.25, 0.3) is 0 Å². The molecule has 0 bridgehead atoms. The Morgan fingerprint density at radius 2 is 1.90 bits per heavy atom. The van der Waals surface area contributed by atoms with Gasteiger partial charge < -0.3 is 19.5 Å². The fourth-order valence-electron chi connectivity index (χ4n) is 3.07. The molecule has 0 saturated carbocycles. The number of nitrogens with zero attached hydrogens (tertiary/aromatic N) is 4. The molecule has 0 saturated heterocycles. The summed E-state index contributed by atoms with van der Waals surface area (Å²) in [5.41, 5.74) is 1.12. The molecule has 156 valence electrons. The van der Waals surface area contributed by atoms with Crippen molar-refractivity contribution in [2.24, 2.45) is 5.41 Å². The van der Waals surface area contributed by atoms with Crippen molar-refractivity contribution < 1.29 is 14.3 Å². The maximum atomic E-state index is 12.8. The highest BCUT2D eigenvalue weighted by atomic mass is 16.5. The first-order valence-electron chi connectivity index (χ1n) is 9.87. The van der Waals surface area contributed by atoms with E-state index < -0.39 is 5.41 Å². The highest BCUT2D eigenvalue weighted by Crippen LogP contribution is 2.14. The van der Waals surface area contributed by atoms with Gasteiger partial charge in [0, 0.05) is 37.5 Å². The van der Waals surface area contributed by atoms with Crippen LogP contribution in [0.15, 0.2) is 24.3 Å². The third-order valence-electron chi connectivity index (χ3n) is 4.89. The van der Waals surface area contributed by atoms with Gasteiger partial charge in [0.05, 0.1) is 19.8 Å². The van der Waals surface area contributed by atoms with Gasteiger partial charge in [-0.2, -0.15) is 0 Å². The molecule has 0 spiro atoms. The Morgan fingerprint density at radius 1 is 1.17 bits per heavy atom. The number of hydrogen-bond donors (Lipinski definition) is 1. The van der Waals surface area contributed by atoms with Crippen molar-refractivity contribution in [1.82, 2.24) is 25.0 Å². The van der Waals surface area contributed by atoms with Crippen LogP contribution in [-0.2, 0) is 35.6 Å². The highest BCUT2D eigenvalue weighted by Gasteiger charge is 2.21. The number of aromatic nitrogens is 3. The molecule has 0 radical (unpaired) electrons. The van der Waals surface area contributed by atoms with Crippen LogP contribution in [0.1, 0.15) is 48.3 Å². The predicted molar refractivity (Wildman–Crippen MR) is 108 cm³/mol. The van der Waals surface area contributed by atoms with Gasteiger partial charge in [0.1, 0.15) is 5.82 Å². The molecular formula is C21H29N5O3. The summed E-state index contributed by atoms with van der Waals surface area (Å²) in [7, 11) is 1.76. The topological polar surface area (TPSA) is 89.3 Å². The maximum Gasteiger partial charge on any atom is 0.254 e. The Hall–Kier alpha value is -2.74. The predicted octanol–water partition coefficient (Wildman–Crippen LogP) is 1.79. The van der Waals surface area contributed by atoms with Gasteiger partial charge >= 0.3 is 0 Å². The number of ether oxygens (including phenoxy) is 1. The number of amides is 2. The molecule has 0 unspecified atom stereocenters. The van der Waals surface area contributed by atoms with Crippen LogP contribution >= 0.6 is 0 Å². The molecule has 1 N–H and O–H groups in total. The number of nitrogens with one attached hydrogen (secondary N) is 1. The molecule has 1 aromatic heterocycles. The van der Waals surface area contributed by atoms with Crippen molar-refractivity contribution in [3.63, 3.8) is 0 Å². The third-order valence-corrected chi connectivity index (χ3v) is 4.89. The zero-order chi connectivity index (χ0) is 21.0. The molecule has 1 aromatic carbocycles. The Balaban J connectivity index is 1.60. The van der Waals surface area contributed by atoms with Gasteiger partial charge in [0.2, 0.25) is 5.91 Å². The molecule has 8 heteroatoms. The van der Waals surface area contributed by atoms with E-state index in [1.54, 1.807) is 24.1 Å². The van der Waals surface area contributed by atoms with E-state index in [9.17, 15) is 9.59 Å². The van der Waals surface area contributed by atoms with Gasteiger partial charge in [-0.3, -0.25) is 9.59 Å². The van der Waals surface area contributed by atoms with Crippen LogP contribution in [0.3, 0.4) is 0 Å². The van der Waals surface area contributed by atoms with E-state index in [1.807, 2.05) is 37.5 Å². The lowest BCUT2D eigenvalue weighted by Gasteiger charge is -2.18. The minimum absolute atomic E-state index is 0.00442. The number of fused-ring (bicyclic) bond motifs is 1. The van der Waals surface area contributed by atoms with Gasteiger partial charge in [0.25, 0.3) is 5.91 Å². The summed E-state index contributed by atoms with van der Waals surface area (Å²) >= 11 is 0. The quantitative estimate of drug-likeness (QED) is 0.828. The van der Waals surface area contributed by atoms with Crippen molar-refractivity contribution >= 4 is 11.8 Å². The molecule has 2 heterocycles. The second kappa shape index (κ2) is 8.73. The minimum Gasteiger partial charge on any atom is -0.379 e. The van der Waals surface area contributed by atoms with Gasteiger partial charge in [0.15, 0.2) is 5.82 Å². The highest BCUT2D eigenvalue weighted by molar-refractivity contribution is 5.94. The molecule has 3 rings (SSSR count). The van der Waals surface area contributed by atoms with Gasteiger partial charge in [-0.1, -0.05) is 32.9 Å². The van der Waals surface area contributed by atoms with E-state index >= 15 is 0 Å². The SMILES string of the molecule is CN(Cc1nnc2n1CCOCC2)C(=O)c1ccc(CNC(=O)C(C)(C)C)cc1.